The number of Topliss-reactive ketones (excluding diaryl/α,β-unsaturated/α-hetero) is 1. The summed E-state index contributed by atoms with van der Waals surface area (Å²) in [5, 5.41) is 11.3. The van der Waals surface area contributed by atoms with Crippen LogP contribution in [0.1, 0.15) is 24.1 Å². The summed E-state index contributed by atoms with van der Waals surface area (Å²) in [6.07, 6.45) is 1.64. The number of hydrogen-bond acceptors (Lipinski definition) is 7. The molecule has 0 saturated carbocycles. The lowest BCUT2D eigenvalue weighted by molar-refractivity contribution is -0.140. The number of morpholine rings is 1. The van der Waals surface area contributed by atoms with Crippen LogP contribution in [-0.4, -0.2) is 79.2 Å². The summed E-state index contributed by atoms with van der Waals surface area (Å²) in [6.45, 7) is 10.2. The fourth-order valence-corrected chi connectivity index (χ4v) is 4.46. The summed E-state index contributed by atoms with van der Waals surface area (Å²) in [5.74, 6) is -0.214. The summed E-state index contributed by atoms with van der Waals surface area (Å²) < 4.78 is 16.5. The van der Waals surface area contributed by atoms with Crippen LogP contribution in [0.25, 0.3) is 5.76 Å². The molecule has 0 unspecified atom stereocenters. The van der Waals surface area contributed by atoms with Crippen molar-refractivity contribution in [3.63, 3.8) is 0 Å². The number of amides is 1. The molecule has 0 aliphatic carbocycles. The van der Waals surface area contributed by atoms with Crippen molar-refractivity contribution in [2.75, 3.05) is 52.6 Å². The van der Waals surface area contributed by atoms with Crippen molar-refractivity contribution in [1.29, 1.82) is 0 Å². The first-order chi connectivity index (χ1) is 17.5. The Hall–Kier alpha value is -3.62. The van der Waals surface area contributed by atoms with Gasteiger partial charge in [-0.2, -0.15) is 0 Å². The van der Waals surface area contributed by atoms with Gasteiger partial charge < -0.3 is 24.2 Å². The number of carbonyl (C=O) groups excluding carboxylic acids is 2. The minimum atomic E-state index is -0.710. The van der Waals surface area contributed by atoms with Gasteiger partial charge in [0.05, 0.1) is 31.4 Å². The monoisotopic (exact) mass is 492 g/mol. The maximum atomic E-state index is 13.2. The average molecular weight is 493 g/mol. The topological polar surface area (TPSA) is 88.5 Å². The van der Waals surface area contributed by atoms with E-state index < -0.39 is 17.7 Å². The van der Waals surface area contributed by atoms with E-state index >= 15 is 0 Å². The van der Waals surface area contributed by atoms with Crippen LogP contribution in [0.4, 0.5) is 0 Å². The zero-order chi connectivity index (χ0) is 25.5. The van der Waals surface area contributed by atoms with Gasteiger partial charge in [-0.1, -0.05) is 24.8 Å². The van der Waals surface area contributed by atoms with Gasteiger partial charge >= 0.3 is 0 Å². The molecule has 190 valence electrons. The van der Waals surface area contributed by atoms with Crippen molar-refractivity contribution >= 4 is 17.4 Å². The lowest BCUT2D eigenvalue weighted by Crippen LogP contribution is -2.42. The Bertz CT molecular complexity index is 1100. The number of carbonyl (C=O) groups is 2. The molecule has 0 bridgehead atoms. The summed E-state index contributed by atoms with van der Waals surface area (Å²) in [7, 11) is 0. The predicted molar refractivity (Wildman–Crippen MR) is 136 cm³/mol. The molecule has 8 heteroatoms. The van der Waals surface area contributed by atoms with Crippen LogP contribution in [0, 0.1) is 0 Å². The molecule has 0 spiro atoms. The van der Waals surface area contributed by atoms with Gasteiger partial charge in [0.25, 0.3) is 11.7 Å². The lowest BCUT2D eigenvalue weighted by atomic mass is 9.95. The van der Waals surface area contributed by atoms with E-state index in [-0.39, 0.29) is 11.3 Å². The van der Waals surface area contributed by atoms with Gasteiger partial charge in [0, 0.05) is 31.7 Å². The van der Waals surface area contributed by atoms with E-state index in [9.17, 15) is 14.7 Å². The maximum absolute atomic E-state index is 13.2. The molecule has 1 atom stereocenters. The summed E-state index contributed by atoms with van der Waals surface area (Å²) >= 11 is 0. The largest absolute Gasteiger partial charge is 0.507 e. The molecular formula is C28H32N2O6. The number of benzene rings is 2. The van der Waals surface area contributed by atoms with Gasteiger partial charge in [0.1, 0.15) is 23.9 Å². The molecule has 8 nitrogen and oxygen atoms in total. The number of aliphatic hydroxyl groups is 1. The number of hydrogen-bond donors (Lipinski definition) is 1. The lowest BCUT2D eigenvalue weighted by Gasteiger charge is -2.31. The number of ether oxygens (including phenoxy) is 3. The van der Waals surface area contributed by atoms with Crippen LogP contribution in [0.5, 0.6) is 11.5 Å². The van der Waals surface area contributed by atoms with Crippen LogP contribution in [0.15, 0.2) is 66.8 Å². The highest BCUT2D eigenvalue weighted by molar-refractivity contribution is 6.46. The molecule has 2 aliphatic rings. The van der Waals surface area contributed by atoms with E-state index in [4.69, 9.17) is 14.2 Å². The first-order valence-corrected chi connectivity index (χ1v) is 12.2. The average Bonchev–Trinajstić information content (AvgIpc) is 3.17. The predicted octanol–water partition coefficient (Wildman–Crippen LogP) is 3.40. The smallest absolute Gasteiger partial charge is 0.295 e. The van der Waals surface area contributed by atoms with Crippen molar-refractivity contribution in [3.8, 4) is 11.5 Å². The minimum Gasteiger partial charge on any atom is -0.507 e. The Labute approximate surface area is 211 Å². The fraction of sp³-hybridized carbons (Fsp3) is 0.357. The van der Waals surface area contributed by atoms with Crippen molar-refractivity contribution in [2.24, 2.45) is 0 Å². The van der Waals surface area contributed by atoms with Gasteiger partial charge in [-0.25, -0.2) is 0 Å². The third kappa shape index (κ3) is 5.61. The molecule has 1 N–H and O–H groups in total. The standard InChI is InChI=1S/C28H32N2O6/c1-3-17-36-23-11-7-21(8-12-23)26(31)24-25(20-5-9-22(10-6-20)35-4-2)30(28(33)27(24)32)14-13-29-15-18-34-19-16-29/h3,5-12,25,31H,1,4,13-19H2,2H3/t25-/m1/s1. The Kier molecular flexibility index (Phi) is 8.40. The second kappa shape index (κ2) is 11.9. The first kappa shape index (κ1) is 25.5. The highest BCUT2D eigenvalue weighted by atomic mass is 16.5. The zero-order valence-corrected chi connectivity index (χ0v) is 20.5. The number of ketones is 1. The van der Waals surface area contributed by atoms with Crippen molar-refractivity contribution in [3.05, 3.63) is 77.9 Å². The van der Waals surface area contributed by atoms with Crippen LogP contribution >= 0.6 is 0 Å². The summed E-state index contributed by atoms with van der Waals surface area (Å²) in [6, 6.07) is 13.3. The van der Waals surface area contributed by atoms with Gasteiger partial charge in [-0.3, -0.25) is 14.5 Å². The minimum absolute atomic E-state index is 0.0749. The maximum Gasteiger partial charge on any atom is 0.295 e. The molecule has 1 amide bonds. The SMILES string of the molecule is C=CCOc1ccc(C(O)=C2C(=O)C(=O)N(CCN3CCOCC3)[C@@H]2c2ccc(OCC)cc2)cc1. The Balaban J connectivity index is 1.68. The quantitative estimate of drug-likeness (QED) is 0.235. The van der Waals surface area contributed by atoms with E-state index in [0.717, 1.165) is 18.7 Å². The third-order valence-electron chi connectivity index (χ3n) is 6.30. The molecule has 0 aromatic heterocycles. The third-order valence-corrected chi connectivity index (χ3v) is 6.30. The van der Waals surface area contributed by atoms with E-state index in [1.54, 1.807) is 35.2 Å². The zero-order valence-electron chi connectivity index (χ0n) is 20.5. The number of likely N-dealkylation sites (tertiary alicyclic amines) is 1. The molecule has 2 fully saturated rings. The molecule has 2 saturated heterocycles. The number of nitrogens with zero attached hydrogens (tertiary/aromatic N) is 2. The van der Waals surface area contributed by atoms with Gasteiger partial charge in [-0.15, -0.1) is 0 Å². The van der Waals surface area contributed by atoms with E-state index in [1.807, 2.05) is 31.2 Å². The van der Waals surface area contributed by atoms with Gasteiger partial charge in [0.15, 0.2) is 0 Å². The summed E-state index contributed by atoms with van der Waals surface area (Å²) in [5.41, 5.74) is 1.24. The molecule has 2 aromatic rings. The highest BCUT2D eigenvalue weighted by Gasteiger charge is 2.46. The molecule has 2 heterocycles. The fourth-order valence-electron chi connectivity index (χ4n) is 4.46. The summed E-state index contributed by atoms with van der Waals surface area (Å²) in [4.78, 5) is 30.2. The second-order valence-electron chi connectivity index (χ2n) is 8.57. The Morgan fingerprint density at radius 2 is 1.67 bits per heavy atom. The Morgan fingerprint density at radius 1 is 1.03 bits per heavy atom. The number of aliphatic hydroxyl groups excluding tert-OH is 1. The van der Waals surface area contributed by atoms with E-state index in [2.05, 4.69) is 11.5 Å². The molecule has 0 radical (unpaired) electrons. The van der Waals surface area contributed by atoms with Crippen molar-refractivity contribution < 1.29 is 28.9 Å². The van der Waals surface area contributed by atoms with Crippen molar-refractivity contribution in [1.82, 2.24) is 9.80 Å². The normalized spacial score (nSPS) is 19.9. The van der Waals surface area contributed by atoms with Crippen LogP contribution in [-0.2, 0) is 14.3 Å². The molecule has 2 aliphatic heterocycles. The van der Waals surface area contributed by atoms with E-state index in [0.29, 0.717) is 56.6 Å². The van der Waals surface area contributed by atoms with E-state index in [1.165, 1.54) is 0 Å². The first-order valence-electron chi connectivity index (χ1n) is 12.2. The van der Waals surface area contributed by atoms with Crippen LogP contribution < -0.4 is 9.47 Å². The van der Waals surface area contributed by atoms with Crippen LogP contribution in [0.3, 0.4) is 0 Å². The van der Waals surface area contributed by atoms with Gasteiger partial charge in [-0.05, 0) is 48.9 Å². The van der Waals surface area contributed by atoms with Crippen molar-refractivity contribution in [2.45, 2.75) is 13.0 Å². The molecule has 4 rings (SSSR count). The van der Waals surface area contributed by atoms with Crippen LogP contribution in [0.2, 0.25) is 0 Å². The molecule has 2 aromatic carbocycles. The second-order valence-corrected chi connectivity index (χ2v) is 8.57. The highest BCUT2D eigenvalue weighted by Crippen LogP contribution is 2.40. The molecule has 36 heavy (non-hydrogen) atoms. The Morgan fingerprint density at radius 3 is 2.31 bits per heavy atom. The number of rotatable bonds is 10. The van der Waals surface area contributed by atoms with Gasteiger partial charge in [0.2, 0.25) is 0 Å². The molecular weight excluding hydrogens is 460 g/mol.